The van der Waals surface area contributed by atoms with Gasteiger partial charge in [0, 0.05) is 32.1 Å². The number of rotatable bonds is 5. The second-order valence-electron chi connectivity index (χ2n) is 7.97. The highest BCUT2D eigenvalue weighted by Gasteiger charge is 2.50. The lowest BCUT2D eigenvalue weighted by atomic mass is 9.92. The SMILES string of the molecule is CC1(c2ccccc2)NC(=O)N(NC(=O)CN2CCN(C(=O)C3CC3)CC2)C1=O. The maximum absolute atomic E-state index is 12.8. The first-order chi connectivity index (χ1) is 13.9. The average molecular weight is 399 g/mol. The molecule has 3 aliphatic rings. The zero-order valence-corrected chi connectivity index (χ0v) is 16.4. The van der Waals surface area contributed by atoms with Gasteiger partial charge in [-0.25, -0.2) is 4.79 Å². The Kier molecular flexibility index (Phi) is 4.99. The topological polar surface area (TPSA) is 102 Å². The summed E-state index contributed by atoms with van der Waals surface area (Å²) in [6.07, 6.45) is 1.96. The molecule has 1 saturated carbocycles. The molecule has 154 valence electrons. The maximum Gasteiger partial charge on any atom is 0.344 e. The molecule has 0 spiro atoms. The summed E-state index contributed by atoms with van der Waals surface area (Å²) in [6, 6.07) is 8.25. The fourth-order valence-electron chi connectivity index (χ4n) is 3.79. The molecule has 5 amide bonds. The second kappa shape index (κ2) is 7.47. The summed E-state index contributed by atoms with van der Waals surface area (Å²) in [7, 11) is 0. The van der Waals surface area contributed by atoms with E-state index in [4.69, 9.17) is 0 Å². The van der Waals surface area contributed by atoms with Gasteiger partial charge in [0.15, 0.2) is 0 Å². The van der Waals surface area contributed by atoms with Gasteiger partial charge in [0.2, 0.25) is 5.91 Å². The number of urea groups is 1. The van der Waals surface area contributed by atoms with Crippen molar-refractivity contribution < 1.29 is 19.2 Å². The minimum absolute atomic E-state index is 0.0601. The molecular weight excluding hydrogens is 374 g/mol. The Morgan fingerprint density at radius 1 is 1.10 bits per heavy atom. The standard InChI is InChI=1S/C20H25N5O4/c1-20(15-5-3-2-4-6-15)18(28)25(19(29)21-20)22-16(26)13-23-9-11-24(12-10-23)17(27)14-7-8-14/h2-6,14H,7-13H2,1H3,(H,21,29)(H,22,26). The van der Waals surface area contributed by atoms with Gasteiger partial charge in [0.05, 0.1) is 6.54 Å². The van der Waals surface area contributed by atoms with Crippen LogP contribution in [-0.2, 0) is 19.9 Å². The van der Waals surface area contributed by atoms with Crippen molar-refractivity contribution in [3.8, 4) is 0 Å². The van der Waals surface area contributed by atoms with Crippen LogP contribution in [0.2, 0.25) is 0 Å². The monoisotopic (exact) mass is 399 g/mol. The molecule has 4 rings (SSSR count). The number of imide groups is 1. The third kappa shape index (κ3) is 3.82. The van der Waals surface area contributed by atoms with Gasteiger partial charge in [-0.05, 0) is 25.3 Å². The number of carbonyl (C=O) groups is 4. The number of hydrogen-bond donors (Lipinski definition) is 2. The van der Waals surface area contributed by atoms with Gasteiger partial charge >= 0.3 is 6.03 Å². The number of nitrogens with zero attached hydrogens (tertiary/aromatic N) is 3. The Hall–Kier alpha value is -2.94. The molecule has 29 heavy (non-hydrogen) atoms. The molecule has 1 aromatic carbocycles. The number of hydrogen-bond acceptors (Lipinski definition) is 5. The third-order valence-corrected chi connectivity index (χ3v) is 5.76. The summed E-state index contributed by atoms with van der Waals surface area (Å²) in [5.74, 6) is -0.549. The second-order valence-corrected chi connectivity index (χ2v) is 7.97. The van der Waals surface area contributed by atoms with Gasteiger partial charge < -0.3 is 10.2 Å². The smallest absolute Gasteiger partial charge is 0.340 e. The summed E-state index contributed by atoms with van der Waals surface area (Å²) in [6.45, 7) is 4.05. The van der Waals surface area contributed by atoms with E-state index in [1.807, 2.05) is 15.9 Å². The Balaban J connectivity index is 1.31. The van der Waals surface area contributed by atoms with Crippen LogP contribution in [0, 0.1) is 5.92 Å². The van der Waals surface area contributed by atoms with Gasteiger partial charge in [-0.3, -0.25) is 24.7 Å². The zero-order chi connectivity index (χ0) is 20.6. The predicted molar refractivity (Wildman–Crippen MR) is 103 cm³/mol. The van der Waals surface area contributed by atoms with E-state index in [9.17, 15) is 19.2 Å². The number of nitrogens with one attached hydrogen (secondary N) is 2. The van der Waals surface area contributed by atoms with Gasteiger partial charge in [-0.2, -0.15) is 5.01 Å². The minimum atomic E-state index is -1.22. The lowest BCUT2D eigenvalue weighted by Gasteiger charge is -2.34. The van der Waals surface area contributed by atoms with Gasteiger partial charge in [-0.15, -0.1) is 0 Å². The number of benzene rings is 1. The molecule has 9 heteroatoms. The van der Waals surface area contributed by atoms with Crippen molar-refractivity contribution >= 4 is 23.8 Å². The molecule has 2 N–H and O–H groups in total. The van der Waals surface area contributed by atoms with E-state index in [2.05, 4.69) is 10.7 Å². The van der Waals surface area contributed by atoms with Crippen LogP contribution in [0.1, 0.15) is 25.3 Å². The summed E-state index contributed by atoms with van der Waals surface area (Å²) >= 11 is 0. The molecule has 0 aromatic heterocycles. The van der Waals surface area contributed by atoms with Crippen molar-refractivity contribution in [2.45, 2.75) is 25.3 Å². The molecule has 2 heterocycles. The van der Waals surface area contributed by atoms with Crippen LogP contribution < -0.4 is 10.7 Å². The first kappa shape index (κ1) is 19.4. The Morgan fingerprint density at radius 2 is 1.76 bits per heavy atom. The molecule has 1 atom stereocenters. The normalized spacial score (nSPS) is 25.1. The summed E-state index contributed by atoms with van der Waals surface area (Å²) in [4.78, 5) is 53.4. The largest absolute Gasteiger partial charge is 0.344 e. The zero-order valence-electron chi connectivity index (χ0n) is 16.4. The third-order valence-electron chi connectivity index (χ3n) is 5.76. The highest BCUT2D eigenvalue weighted by Crippen LogP contribution is 2.31. The molecule has 1 unspecified atom stereocenters. The van der Waals surface area contributed by atoms with Gasteiger partial charge in [0.25, 0.3) is 11.8 Å². The van der Waals surface area contributed by atoms with E-state index in [1.54, 1.807) is 31.2 Å². The van der Waals surface area contributed by atoms with Gasteiger partial charge in [0.1, 0.15) is 5.54 Å². The number of hydrazine groups is 1. The predicted octanol–water partition coefficient (Wildman–Crippen LogP) is 0.0390. The van der Waals surface area contributed by atoms with E-state index in [-0.39, 0.29) is 18.4 Å². The van der Waals surface area contributed by atoms with E-state index >= 15 is 0 Å². The average Bonchev–Trinajstić information content (AvgIpc) is 3.54. The van der Waals surface area contributed by atoms with Crippen molar-refractivity contribution in [3.63, 3.8) is 0 Å². The van der Waals surface area contributed by atoms with Crippen LogP contribution in [-0.4, -0.2) is 71.3 Å². The van der Waals surface area contributed by atoms with Gasteiger partial charge in [-0.1, -0.05) is 30.3 Å². The Bertz CT molecular complexity index is 833. The fraction of sp³-hybridized carbons (Fsp3) is 0.500. The molecular formula is C20H25N5O4. The first-order valence-corrected chi connectivity index (χ1v) is 9.91. The lowest BCUT2D eigenvalue weighted by molar-refractivity contribution is -0.140. The highest BCUT2D eigenvalue weighted by atomic mass is 16.2. The molecule has 1 aromatic rings. The summed E-state index contributed by atoms with van der Waals surface area (Å²) in [5.41, 5.74) is 1.85. The molecule has 2 aliphatic heterocycles. The summed E-state index contributed by atoms with van der Waals surface area (Å²) in [5, 5.41) is 3.41. The Morgan fingerprint density at radius 3 is 2.38 bits per heavy atom. The molecule has 9 nitrogen and oxygen atoms in total. The molecule has 3 fully saturated rings. The van der Waals surface area contributed by atoms with Crippen LogP contribution in [0.25, 0.3) is 0 Å². The quantitative estimate of drug-likeness (QED) is 0.681. The van der Waals surface area contributed by atoms with E-state index in [1.165, 1.54) is 0 Å². The van der Waals surface area contributed by atoms with Crippen molar-refractivity contribution in [2.24, 2.45) is 5.92 Å². The number of amides is 5. The van der Waals surface area contributed by atoms with Crippen LogP contribution >= 0.6 is 0 Å². The van der Waals surface area contributed by atoms with Crippen LogP contribution in [0.15, 0.2) is 30.3 Å². The number of piperazine rings is 1. The highest BCUT2D eigenvalue weighted by molar-refractivity contribution is 6.08. The molecule has 0 bridgehead atoms. The first-order valence-electron chi connectivity index (χ1n) is 9.91. The maximum atomic E-state index is 12.8. The molecule has 2 saturated heterocycles. The van der Waals surface area contributed by atoms with Crippen molar-refractivity contribution in [1.29, 1.82) is 0 Å². The fourth-order valence-corrected chi connectivity index (χ4v) is 3.79. The molecule has 1 aliphatic carbocycles. The number of carbonyl (C=O) groups excluding carboxylic acids is 4. The minimum Gasteiger partial charge on any atom is -0.340 e. The Labute approximate surface area is 169 Å². The lowest BCUT2D eigenvalue weighted by Crippen LogP contribution is -2.54. The van der Waals surface area contributed by atoms with E-state index in [0.29, 0.717) is 31.7 Å². The van der Waals surface area contributed by atoms with E-state index in [0.717, 1.165) is 17.9 Å². The molecule has 0 radical (unpaired) electrons. The van der Waals surface area contributed by atoms with Crippen LogP contribution in [0.3, 0.4) is 0 Å². The summed E-state index contributed by atoms with van der Waals surface area (Å²) < 4.78 is 0. The van der Waals surface area contributed by atoms with Crippen LogP contribution in [0.5, 0.6) is 0 Å². The van der Waals surface area contributed by atoms with Crippen molar-refractivity contribution in [2.75, 3.05) is 32.7 Å². The van der Waals surface area contributed by atoms with Crippen molar-refractivity contribution in [1.82, 2.24) is 25.6 Å². The van der Waals surface area contributed by atoms with Crippen molar-refractivity contribution in [3.05, 3.63) is 35.9 Å². The van der Waals surface area contributed by atoms with Crippen LogP contribution in [0.4, 0.5) is 4.79 Å². The van der Waals surface area contributed by atoms with E-state index < -0.39 is 23.4 Å².